The van der Waals surface area contributed by atoms with Gasteiger partial charge < -0.3 is 14.6 Å². The first-order chi connectivity index (χ1) is 15.7. The third-order valence-electron chi connectivity index (χ3n) is 5.40. The van der Waals surface area contributed by atoms with Gasteiger partial charge in [0.05, 0.1) is 5.75 Å². The standard InChI is InChI=1S/C26H34N4O2S/c1-16(2)21-10-8-9-11-23(21)32-20(7)25-28-29-26(30(25)17(3)4)33-15-24(31)27-22-13-12-18(5)14-19(22)6/h8-14,16-17,20H,15H2,1-7H3,(H,27,31). The van der Waals surface area contributed by atoms with Gasteiger partial charge in [0.15, 0.2) is 17.1 Å². The summed E-state index contributed by atoms with van der Waals surface area (Å²) in [7, 11) is 0. The summed E-state index contributed by atoms with van der Waals surface area (Å²) in [6.45, 7) is 14.5. The first-order valence-corrected chi connectivity index (χ1v) is 12.4. The number of carbonyl (C=O) groups is 1. The molecule has 0 fully saturated rings. The largest absolute Gasteiger partial charge is 0.482 e. The number of aryl methyl sites for hydroxylation is 2. The fourth-order valence-corrected chi connectivity index (χ4v) is 4.60. The van der Waals surface area contributed by atoms with E-state index in [0.717, 1.165) is 28.4 Å². The summed E-state index contributed by atoms with van der Waals surface area (Å²) in [5.74, 6) is 2.16. The zero-order valence-corrected chi connectivity index (χ0v) is 21.4. The molecule has 176 valence electrons. The Hall–Kier alpha value is -2.80. The Balaban J connectivity index is 1.72. The number of rotatable bonds is 9. The average molecular weight is 467 g/mol. The quantitative estimate of drug-likeness (QED) is 0.366. The molecule has 2 aromatic carbocycles. The second-order valence-electron chi connectivity index (χ2n) is 8.91. The summed E-state index contributed by atoms with van der Waals surface area (Å²) in [6, 6.07) is 14.2. The molecule has 0 radical (unpaired) electrons. The lowest BCUT2D eigenvalue weighted by Crippen LogP contribution is -2.17. The molecule has 6 nitrogen and oxygen atoms in total. The van der Waals surface area contributed by atoms with Crippen molar-refractivity contribution in [2.75, 3.05) is 11.1 Å². The maximum Gasteiger partial charge on any atom is 0.234 e. The normalized spacial score (nSPS) is 12.3. The van der Waals surface area contributed by atoms with Crippen molar-refractivity contribution in [3.05, 3.63) is 65.0 Å². The number of amides is 1. The van der Waals surface area contributed by atoms with Crippen LogP contribution in [-0.2, 0) is 4.79 Å². The predicted molar refractivity (Wildman–Crippen MR) is 135 cm³/mol. The minimum absolute atomic E-state index is 0.0676. The van der Waals surface area contributed by atoms with Gasteiger partial charge in [0.25, 0.3) is 0 Å². The maximum absolute atomic E-state index is 12.6. The van der Waals surface area contributed by atoms with Gasteiger partial charge in [-0.2, -0.15) is 0 Å². The minimum atomic E-state index is -0.279. The number of para-hydroxylation sites is 1. The van der Waals surface area contributed by atoms with Crippen LogP contribution in [0.2, 0.25) is 0 Å². The molecule has 3 rings (SSSR count). The molecule has 0 aliphatic heterocycles. The topological polar surface area (TPSA) is 69.0 Å². The number of ether oxygens (including phenoxy) is 1. The van der Waals surface area contributed by atoms with Crippen LogP contribution in [0.5, 0.6) is 5.75 Å². The monoisotopic (exact) mass is 466 g/mol. The predicted octanol–water partition coefficient (Wildman–Crippen LogP) is 6.47. The summed E-state index contributed by atoms with van der Waals surface area (Å²) < 4.78 is 8.37. The molecule has 0 bridgehead atoms. The highest BCUT2D eigenvalue weighted by molar-refractivity contribution is 7.99. The number of benzene rings is 2. The molecule has 0 saturated carbocycles. The Bertz CT molecular complexity index is 1110. The van der Waals surface area contributed by atoms with Crippen molar-refractivity contribution < 1.29 is 9.53 Å². The maximum atomic E-state index is 12.6. The molecule has 1 N–H and O–H groups in total. The van der Waals surface area contributed by atoms with Crippen LogP contribution in [0.15, 0.2) is 47.6 Å². The van der Waals surface area contributed by atoms with E-state index < -0.39 is 0 Å². The molecule has 1 atom stereocenters. The van der Waals surface area contributed by atoms with Gasteiger partial charge in [0, 0.05) is 11.7 Å². The third-order valence-corrected chi connectivity index (χ3v) is 6.35. The number of nitrogens with one attached hydrogen (secondary N) is 1. The van der Waals surface area contributed by atoms with Gasteiger partial charge in [-0.25, -0.2) is 0 Å². The van der Waals surface area contributed by atoms with Crippen LogP contribution in [0.1, 0.15) is 75.2 Å². The van der Waals surface area contributed by atoms with Gasteiger partial charge in [-0.15, -0.1) is 10.2 Å². The van der Waals surface area contributed by atoms with Gasteiger partial charge >= 0.3 is 0 Å². The molecule has 1 heterocycles. The molecular weight excluding hydrogens is 432 g/mol. The lowest BCUT2D eigenvalue weighted by Gasteiger charge is -2.21. The fraction of sp³-hybridized carbons (Fsp3) is 0.423. The first-order valence-electron chi connectivity index (χ1n) is 11.4. The van der Waals surface area contributed by atoms with Gasteiger partial charge in [-0.1, -0.05) is 61.5 Å². The van der Waals surface area contributed by atoms with Crippen molar-refractivity contribution >= 4 is 23.4 Å². The van der Waals surface area contributed by atoms with Gasteiger partial charge in [-0.05, 0) is 63.8 Å². The number of hydrogen-bond acceptors (Lipinski definition) is 5. The zero-order valence-electron chi connectivity index (χ0n) is 20.5. The molecule has 0 spiro atoms. The van der Waals surface area contributed by atoms with Crippen molar-refractivity contribution in [2.45, 2.75) is 71.7 Å². The van der Waals surface area contributed by atoms with Crippen molar-refractivity contribution in [1.29, 1.82) is 0 Å². The highest BCUT2D eigenvalue weighted by Gasteiger charge is 2.23. The van der Waals surface area contributed by atoms with Gasteiger partial charge in [0.1, 0.15) is 5.75 Å². The van der Waals surface area contributed by atoms with Crippen LogP contribution in [0.25, 0.3) is 0 Å². The average Bonchev–Trinajstić information content (AvgIpc) is 3.19. The second-order valence-corrected chi connectivity index (χ2v) is 9.85. The van der Waals surface area contributed by atoms with Crippen LogP contribution >= 0.6 is 11.8 Å². The van der Waals surface area contributed by atoms with Crippen LogP contribution in [0.3, 0.4) is 0 Å². The number of hydrogen-bond donors (Lipinski definition) is 1. The summed E-state index contributed by atoms with van der Waals surface area (Å²) in [6.07, 6.45) is -0.279. The Morgan fingerprint density at radius 1 is 1.06 bits per heavy atom. The van der Waals surface area contributed by atoms with Gasteiger partial charge in [-0.3, -0.25) is 4.79 Å². The number of anilines is 1. The third kappa shape index (κ3) is 6.16. The lowest BCUT2D eigenvalue weighted by molar-refractivity contribution is -0.113. The molecule has 0 aliphatic rings. The number of carbonyl (C=O) groups excluding carboxylic acids is 1. The van der Waals surface area contributed by atoms with E-state index in [2.05, 4.69) is 59.9 Å². The molecular formula is C26H34N4O2S. The van der Waals surface area contributed by atoms with E-state index in [1.54, 1.807) is 0 Å². The van der Waals surface area contributed by atoms with Crippen LogP contribution < -0.4 is 10.1 Å². The molecule has 1 unspecified atom stereocenters. The van der Waals surface area contributed by atoms with Crippen molar-refractivity contribution in [1.82, 2.24) is 14.8 Å². The molecule has 0 saturated heterocycles. The molecule has 33 heavy (non-hydrogen) atoms. The van der Waals surface area contributed by atoms with Crippen LogP contribution in [0.4, 0.5) is 5.69 Å². The van der Waals surface area contributed by atoms with E-state index in [1.165, 1.54) is 17.3 Å². The highest BCUT2D eigenvalue weighted by atomic mass is 32.2. The number of thioether (sulfide) groups is 1. The number of nitrogens with zero attached hydrogens (tertiary/aromatic N) is 3. The van der Waals surface area contributed by atoms with Crippen molar-refractivity contribution in [3.63, 3.8) is 0 Å². The van der Waals surface area contributed by atoms with Crippen molar-refractivity contribution in [3.8, 4) is 5.75 Å². The molecule has 3 aromatic rings. The lowest BCUT2D eigenvalue weighted by atomic mass is 10.0. The Labute approximate surface area is 201 Å². The van der Waals surface area contributed by atoms with E-state index in [4.69, 9.17) is 4.74 Å². The minimum Gasteiger partial charge on any atom is -0.482 e. The second kappa shape index (κ2) is 10.9. The Kier molecular flexibility index (Phi) is 8.19. The molecule has 7 heteroatoms. The first kappa shape index (κ1) is 24.8. The molecule has 0 aliphatic carbocycles. The fourth-order valence-electron chi connectivity index (χ4n) is 3.73. The van der Waals surface area contributed by atoms with Gasteiger partial charge in [0.2, 0.25) is 5.91 Å². The SMILES string of the molecule is Cc1ccc(NC(=O)CSc2nnc(C(C)Oc3ccccc3C(C)C)n2C(C)C)c(C)c1. The van der Waals surface area contributed by atoms with E-state index >= 15 is 0 Å². The molecule has 1 aromatic heterocycles. The van der Waals surface area contributed by atoms with E-state index in [1.807, 2.05) is 51.1 Å². The number of aromatic nitrogens is 3. The Morgan fingerprint density at radius 3 is 2.45 bits per heavy atom. The van der Waals surface area contributed by atoms with E-state index in [0.29, 0.717) is 11.1 Å². The Morgan fingerprint density at radius 2 is 1.79 bits per heavy atom. The summed E-state index contributed by atoms with van der Waals surface area (Å²) in [5, 5.41) is 12.5. The zero-order chi connectivity index (χ0) is 24.1. The van der Waals surface area contributed by atoms with E-state index in [-0.39, 0.29) is 23.8 Å². The van der Waals surface area contributed by atoms with Crippen LogP contribution in [-0.4, -0.2) is 26.4 Å². The smallest absolute Gasteiger partial charge is 0.234 e. The summed E-state index contributed by atoms with van der Waals surface area (Å²) in [5.41, 5.74) is 4.22. The van der Waals surface area contributed by atoms with E-state index in [9.17, 15) is 4.79 Å². The molecule has 1 amide bonds. The summed E-state index contributed by atoms with van der Waals surface area (Å²) in [4.78, 5) is 12.6. The highest BCUT2D eigenvalue weighted by Crippen LogP contribution is 2.32. The van der Waals surface area contributed by atoms with Crippen LogP contribution in [0, 0.1) is 13.8 Å². The van der Waals surface area contributed by atoms with Crippen molar-refractivity contribution in [2.24, 2.45) is 0 Å². The summed E-state index contributed by atoms with van der Waals surface area (Å²) >= 11 is 1.39.